The average Bonchev–Trinajstić information content (AvgIpc) is 2.81. The summed E-state index contributed by atoms with van der Waals surface area (Å²) in [6, 6.07) is 1.91. The fourth-order valence-electron chi connectivity index (χ4n) is 0.881. The Kier molecular flexibility index (Phi) is 3.68. The van der Waals surface area contributed by atoms with Gasteiger partial charge in [-0.3, -0.25) is 0 Å². The van der Waals surface area contributed by atoms with Gasteiger partial charge in [-0.1, -0.05) is 12.8 Å². The van der Waals surface area contributed by atoms with Crippen LogP contribution < -0.4 is 0 Å². The van der Waals surface area contributed by atoms with E-state index in [9.17, 15) is 0 Å². The second kappa shape index (κ2) is 4.58. The molecule has 0 aromatic carbocycles. The first kappa shape index (κ1) is 8.83. The lowest BCUT2D eigenvalue weighted by atomic mass is 10.3. The van der Waals surface area contributed by atoms with Gasteiger partial charge in [0.1, 0.15) is 5.38 Å². The highest BCUT2D eigenvalue weighted by atomic mass is 35.5. The molecule has 0 aromatic heterocycles. The SMILES string of the molecule is N#CC(Cl)COCCC1CC1. The average molecular weight is 174 g/mol. The molecule has 1 fully saturated rings. The molecule has 62 valence electrons. The summed E-state index contributed by atoms with van der Waals surface area (Å²) in [5.74, 6) is 0.894. The molecule has 0 saturated heterocycles. The Hall–Kier alpha value is -0.260. The van der Waals surface area contributed by atoms with E-state index in [2.05, 4.69) is 0 Å². The largest absolute Gasteiger partial charge is 0.379 e. The van der Waals surface area contributed by atoms with E-state index in [1.807, 2.05) is 6.07 Å². The van der Waals surface area contributed by atoms with E-state index in [4.69, 9.17) is 21.6 Å². The second-order valence-electron chi connectivity index (χ2n) is 2.90. The number of alkyl halides is 1. The van der Waals surface area contributed by atoms with Gasteiger partial charge in [-0.2, -0.15) is 5.26 Å². The van der Waals surface area contributed by atoms with Gasteiger partial charge in [0.25, 0.3) is 0 Å². The number of rotatable bonds is 5. The molecule has 0 aliphatic heterocycles. The number of nitrogens with zero attached hydrogens (tertiary/aromatic N) is 1. The molecule has 1 rings (SSSR count). The van der Waals surface area contributed by atoms with Gasteiger partial charge in [0, 0.05) is 6.61 Å². The molecule has 0 aromatic rings. The molecule has 0 bridgehead atoms. The normalized spacial score (nSPS) is 19.3. The monoisotopic (exact) mass is 173 g/mol. The minimum atomic E-state index is -0.478. The van der Waals surface area contributed by atoms with Crippen molar-refractivity contribution in [3.8, 4) is 6.07 Å². The lowest BCUT2D eigenvalue weighted by Crippen LogP contribution is -2.07. The van der Waals surface area contributed by atoms with Crippen LogP contribution in [-0.2, 0) is 4.74 Å². The Morgan fingerprint density at radius 2 is 2.36 bits per heavy atom. The molecule has 1 unspecified atom stereocenters. The standard InChI is InChI=1S/C8H12ClNO/c9-8(5-10)6-11-4-3-7-1-2-7/h7-8H,1-4,6H2. The van der Waals surface area contributed by atoms with Crippen LogP contribution in [0.4, 0.5) is 0 Å². The third-order valence-corrected chi connectivity index (χ3v) is 2.00. The minimum absolute atomic E-state index is 0.366. The summed E-state index contributed by atoms with van der Waals surface area (Å²) in [7, 11) is 0. The molecule has 0 spiro atoms. The summed E-state index contributed by atoms with van der Waals surface area (Å²) in [5, 5.41) is 7.82. The quantitative estimate of drug-likeness (QED) is 0.470. The molecule has 1 atom stereocenters. The van der Waals surface area contributed by atoms with Gasteiger partial charge in [0.05, 0.1) is 12.7 Å². The van der Waals surface area contributed by atoms with Crippen molar-refractivity contribution in [2.24, 2.45) is 5.92 Å². The van der Waals surface area contributed by atoms with E-state index >= 15 is 0 Å². The molecule has 1 saturated carbocycles. The Morgan fingerprint density at radius 3 is 2.91 bits per heavy atom. The van der Waals surface area contributed by atoms with E-state index in [1.165, 1.54) is 12.8 Å². The Labute approximate surface area is 72.1 Å². The third-order valence-electron chi connectivity index (χ3n) is 1.77. The van der Waals surface area contributed by atoms with Crippen LogP contribution in [0.5, 0.6) is 0 Å². The van der Waals surface area contributed by atoms with Crippen LogP contribution >= 0.6 is 11.6 Å². The topological polar surface area (TPSA) is 33.0 Å². The number of hydrogen-bond donors (Lipinski definition) is 0. The predicted molar refractivity (Wildman–Crippen MR) is 43.4 cm³/mol. The summed E-state index contributed by atoms with van der Waals surface area (Å²) in [6.45, 7) is 1.13. The van der Waals surface area contributed by atoms with E-state index in [-0.39, 0.29) is 0 Å². The van der Waals surface area contributed by atoms with Crippen LogP contribution in [0.15, 0.2) is 0 Å². The highest BCUT2D eigenvalue weighted by Crippen LogP contribution is 2.32. The number of halogens is 1. The maximum Gasteiger partial charge on any atom is 0.143 e. The smallest absolute Gasteiger partial charge is 0.143 e. The molecule has 0 radical (unpaired) electrons. The summed E-state index contributed by atoms with van der Waals surface area (Å²) in [5.41, 5.74) is 0. The Bertz CT molecular complexity index is 151. The zero-order chi connectivity index (χ0) is 8.10. The van der Waals surface area contributed by atoms with Crippen LogP contribution in [0.25, 0.3) is 0 Å². The Morgan fingerprint density at radius 1 is 1.64 bits per heavy atom. The fraction of sp³-hybridized carbons (Fsp3) is 0.875. The highest BCUT2D eigenvalue weighted by Gasteiger charge is 2.20. The first-order valence-corrected chi connectivity index (χ1v) is 4.38. The van der Waals surface area contributed by atoms with Gasteiger partial charge in [-0.15, -0.1) is 11.6 Å². The summed E-state index contributed by atoms with van der Waals surface area (Å²) in [4.78, 5) is 0. The first-order valence-electron chi connectivity index (χ1n) is 3.94. The van der Waals surface area contributed by atoms with Crippen LogP contribution in [-0.4, -0.2) is 18.6 Å². The van der Waals surface area contributed by atoms with Gasteiger partial charge in [0.15, 0.2) is 0 Å². The van der Waals surface area contributed by atoms with Crippen molar-refractivity contribution in [1.82, 2.24) is 0 Å². The van der Waals surface area contributed by atoms with Gasteiger partial charge in [0.2, 0.25) is 0 Å². The molecular formula is C8H12ClNO. The molecular weight excluding hydrogens is 162 g/mol. The zero-order valence-corrected chi connectivity index (χ0v) is 7.18. The van der Waals surface area contributed by atoms with Gasteiger partial charge in [-0.05, 0) is 12.3 Å². The minimum Gasteiger partial charge on any atom is -0.379 e. The van der Waals surface area contributed by atoms with Crippen molar-refractivity contribution in [2.45, 2.75) is 24.6 Å². The Balaban J connectivity index is 1.83. The van der Waals surface area contributed by atoms with Crippen LogP contribution in [0, 0.1) is 17.2 Å². The molecule has 1 aliphatic carbocycles. The highest BCUT2D eigenvalue weighted by molar-refractivity contribution is 6.22. The zero-order valence-electron chi connectivity index (χ0n) is 6.42. The first-order chi connectivity index (χ1) is 5.33. The van der Waals surface area contributed by atoms with Crippen LogP contribution in [0.1, 0.15) is 19.3 Å². The molecule has 11 heavy (non-hydrogen) atoms. The van der Waals surface area contributed by atoms with Crippen molar-refractivity contribution < 1.29 is 4.74 Å². The number of hydrogen-bond acceptors (Lipinski definition) is 2. The fourth-order valence-corrected chi connectivity index (χ4v) is 0.970. The lowest BCUT2D eigenvalue weighted by Gasteiger charge is -2.02. The third kappa shape index (κ3) is 4.23. The second-order valence-corrected chi connectivity index (χ2v) is 3.43. The lowest BCUT2D eigenvalue weighted by molar-refractivity contribution is 0.135. The van der Waals surface area contributed by atoms with Crippen molar-refractivity contribution in [2.75, 3.05) is 13.2 Å². The van der Waals surface area contributed by atoms with E-state index in [0.717, 1.165) is 18.9 Å². The summed E-state index contributed by atoms with van der Waals surface area (Å²) >= 11 is 5.51. The van der Waals surface area contributed by atoms with E-state index < -0.39 is 5.38 Å². The maximum atomic E-state index is 8.29. The molecule has 0 amide bonds. The molecule has 1 aliphatic rings. The van der Waals surface area contributed by atoms with Crippen LogP contribution in [0.2, 0.25) is 0 Å². The molecule has 0 N–H and O–H groups in total. The number of ether oxygens (including phenoxy) is 1. The van der Waals surface area contributed by atoms with E-state index in [0.29, 0.717) is 6.61 Å². The molecule has 0 heterocycles. The van der Waals surface area contributed by atoms with E-state index in [1.54, 1.807) is 0 Å². The van der Waals surface area contributed by atoms with Crippen molar-refractivity contribution >= 4 is 11.6 Å². The van der Waals surface area contributed by atoms with Gasteiger partial charge < -0.3 is 4.74 Å². The predicted octanol–water partition coefficient (Wildman–Crippen LogP) is 1.93. The van der Waals surface area contributed by atoms with Gasteiger partial charge >= 0.3 is 0 Å². The van der Waals surface area contributed by atoms with Crippen molar-refractivity contribution in [3.05, 3.63) is 0 Å². The summed E-state index contributed by atoms with van der Waals surface area (Å²) in [6.07, 6.45) is 3.84. The number of nitriles is 1. The van der Waals surface area contributed by atoms with Crippen molar-refractivity contribution in [1.29, 1.82) is 5.26 Å². The summed E-state index contributed by atoms with van der Waals surface area (Å²) < 4.78 is 5.18. The molecule has 2 nitrogen and oxygen atoms in total. The van der Waals surface area contributed by atoms with Crippen molar-refractivity contribution in [3.63, 3.8) is 0 Å². The van der Waals surface area contributed by atoms with Crippen LogP contribution in [0.3, 0.4) is 0 Å². The van der Waals surface area contributed by atoms with Gasteiger partial charge in [-0.25, -0.2) is 0 Å². The maximum absolute atomic E-state index is 8.29. The molecule has 3 heteroatoms.